The Labute approximate surface area is 164 Å². The van der Waals surface area contributed by atoms with E-state index in [1.807, 2.05) is 23.5 Å². The van der Waals surface area contributed by atoms with Crippen LogP contribution in [0.4, 0.5) is 13.2 Å². The topological polar surface area (TPSA) is 76.4 Å². The highest BCUT2D eigenvalue weighted by Gasteiger charge is 2.39. The molecule has 2 aromatic carbocycles. The number of nitrogens with zero attached hydrogens (tertiary/aromatic N) is 2. The number of ether oxygens (including phenoxy) is 1. The first kappa shape index (κ1) is 20.7. The van der Waals surface area contributed by atoms with Gasteiger partial charge in [0.2, 0.25) is 0 Å². The van der Waals surface area contributed by atoms with Crippen molar-refractivity contribution in [3.05, 3.63) is 54.2 Å². The number of carbonyl (C=O) groups excluding carboxylic acids is 1. The smallest absolute Gasteiger partial charge is 0.471 e. The van der Waals surface area contributed by atoms with E-state index in [0.29, 0.717) is 5.75 Å². The summed E-state index contributed by atoms with van der Waals surface area (Å²) in [5, 5.41) is 16.3. The molecule has 0 radical (unpaired) electrons. The van der Waals surface area contributed by atoms with E-state index in [0.717, 1.165) is 22.2 Å². The number of aliphatic hydroxyl groups is 1. The van der Waals surface area contributed by atoms with Crippen molar-refractivity contribution in [3.8, 4) is 11.4 Å². The molecule has 0 bridgehead atoms. The second-order valence-corrected chi connectivity index (χ2v) is 6.69. The standard InChI is InChI=1S/C20H20F3N3O3/c1-12(25-19(28)20(21,22)23)13(2)29-17-6-7-18-15(9-17)10-24-26(18)16-5-3-4-14(8-16)11-27/h3-10,12-13,27H,11H2,1-2H3,(H,25,28)/t12-,13+/m0/s1. The Kier molecular flexibility index (Phi) is 5.78. The first-order chi connectivity index (χ1) is 13.7. The second kappa shape index (κ2) is 8.12. The van der Waals surface area contributed by atoms with Gasteiger partial charge < -0.3 is 15.2 Å². The molecule has 1 amide bonds. The van der Waals surface area contributed by atoms with Gasteiger partial charge in [-0.25, -0.2) is 4.68 Å². The van der Waals surface area contributed by atoms with Crippen molar-refractivity contribution < 1.29 is 27.8 Å². The number of halogens is 3. The molecule has 29 heavy (non-hydrogen) atoms. The van der Waals surface area contributed by atoms with Gasteiger partial charge in [-0.2, -0.15) is 18.3 Å². The highest BCUT2D eigenvalue weighted by atomic mass is 19.4. The number of alkyl halides is 3. The molecule has 0 fully saturated rings. The summed E-state index contributed by atoms with van der Waals surface area (Å²) in [5.74, 6) is -1.55. The van der Waals surface area contributed by atoms with E-state index in [9.17, 15) is 23.1 Å². The van der Waals surface area contributed by atoms with E-state index in [2.05, 4.69) is 5.10 Å². The maximum atomic E-state index is 12.4. The summed E-state index contributed by atoms with van der Waals surface area (Å²) in [6.07, 6.45) is -3.97. The Bertz CT molecular complexity index is 1020. The predicted molar refractivity (Wildman–Crippen MR) is 101 cm³/mol. The van der Waals surface area contributed by atoms with Crippen LogP contribution in [0.5, 0.6) is 5.75 Å². The lowest BCUT2D eigenvalue weighted by molar-refractivity contribution is -0.174. The molecule has 1 aromatic heterocycles. The quantitative estimate of drug-likeness (QED) is 0.657. The number of amides is 1. The normalized spacial score (nSPS) is 13.9. The van der Waals surface area contributed by atoms with Crippen LogP contribution in [0.2, 0.25) is 0 Å². The summed E-state index contributed by atoms with van der Waals surface area (Å²) in [7, 11) is 0. The number of rotatable bonds is 6. The summed E-state index contributed by atoms with van der Waals surface area (Å²) < 4.78 is 44.6. The van der Waals surface area contributed by atoms with Crippen molar-refractivity contribution in [2.45, 2.75) is 38.8 Å². The summed E-state index contributed by atoms with van der Waals surface area (Å²) in [5.41, 5.74) is 2.35. The van der Waals surface area contributed by atoms with Crippen molar-refractivity contribution in [1.29, 1.82) is 0 Å². The van der Waals surface area contributed by atoms with Crippen LogP contribution in [0.3, 0.4) is 0 Å². The Morgan fingerprint density at radius 2 is 2.00 bits per heavy atom. The SMILES string of the molecule is C[C@H](NC(=O)C(F)(F)F)[C@@H](C)Oc1ccc2c(cnn2-c2cccc(CO)c2)c1. The number of hydrogen-bond acceptors (Lipinski definition) is 4. The summed E-state index contributed by atoms with van der Waals surface area (Å²) >= 11 is 0. The van der Waals surface area contributed by atoms with Gasteiger partial charge in [-0.05, 0) is 49.7 Å². The molecule has 2 atom stereocenters. The molecule has 0 unspecified atom stereocenters. The zero-order valence-electron chi connectivity index (χ0n) is 15.8. The van der Waals surface area contributed by atoms with Crippen LogP contribution in [-0.4, -0.2) is 39.1 Å². The van der Waals surface area contributed by atoms with E-state index in [1.54, 1.807) is 42.1 Å². The number of fused-ring (bicyclic) bond motifs is 1. The largest absolute Gasteiger partial charge is 0.489 e. The van der Waals surface area contributed by atoms with Crippen molar-refractivity contribution in [3.63, 3.8) is 0 Å². The Balaban J connectivity index is 1.76. The van der Waals surface area contributed by atoms with Crippen LogP contribution in [0.15, 0.2) is 48.7 Å². The van der Waals surface area contributed by atoms with Gasteiger partial charge in [-0.1, -0.05) is 12.1 Å². The van der Waals surface area contributed by atoms with Gasteiger partial charge in [0, 0.05) is 5.39 Å². The van der Waals surface area contributed by atoms with Crippen LogP contribution in [-0.2, 0) is 11.4 Å². The molecule has 0 spiro atoms. The van der Waals surface area contributed by atoms with Gasteiger partial charge >= 0.3 is 12.1 Å². The van der Waals surface area contributed by atoms with Gasteiger partial charge in [0.25, 0.3) is 0 Å². The summed E-state index contributed by atoms with van der Waals surface area (Å²) in [6.45, 7) is 2.94. The fraction of sp³-hybridized carbons (Fsp3) is 0.300. The van der Waals surface area contributed by atoms with Gasteiger partial charge in [-0.3, -0.25) is 4.79 Å². The fourth-order valence-electron chi connectivity index (χ4n) is 2.80. The predicted octanol–water partition coefficient (Wildman–Crippen LogP) is 3.35. The van der Waals surface area contributed by atoms with Gasteiger partial charge in [0.1, 0.15) is 11.9 Å². The third kappa shape index (κ3) is 4.68. The Morgan fingerprint density at radius 3 is 2.69 bits per heavy atom. The summed E-state index contributed by atoms with van der Waals surface area (Å²) in [6, 6.07) is 11.7. The molecule has 0 aliphatic heterocycles. The monoisotopic (exact) mass is 407 g/mol. The van der Waals surface area contributed by atoms with E-state index >= 15 is 0 Å². The first-order valence-corrected chi connectivity index (χ1v) is 8.91. The molecule has 3 rings (SSSR count). The molecule has 6 nitrogen and oxygen atoms in total. The van der Waals surface area contributed by atoms with Crippen LogP contribution in [0.1, 0.15) is 19.4 Å². The average molecular weight is 407 g/mol. The van der Waals surface area contributed by atoms with Gasteiger partial charge in [-0.15, -0.1) is 0 Å². The molecule has 9 heteroatoms. The second-order valence-electron chi connectivity index (χ2n) is 6.69. The zero-order valence-corrected chi connectivity index (χ0v) is 15.8. The molecular weight excluding hydrogens is 387 g/mol. The minimum absolute atomic E-state index is 0.0774. The van der Waals surface area contributed by atoms with Crippen LogP contribution in [0.25, 0.3) is 16.6 Å². The van der Waals surface area contributed by atoms with E-state index < -0.39 is 24.2 Å². The number of nitrogens with one attached hydrogen (secondary N) is 1. The van der Waals surface area contributed by atoms with Gasteiger partial charge in [0.05, 0.1) is 30.0 Å². The van der Waals surface area contributed by atoms with Crippen molar-refractivity contribution in [2.24, 2.45) is 0 Å². The maximum Gasteiger partial charge on any atom is 0.471 e. The van der Waals surface area contributed by atoms with Crippen LogP contribution in [0, 0.1) is 0 Å². The van der Waals surface area contributed by atoms with Crippen LogP contribution < -0.4 is 10.1 Å². The molecule has 1 heterocycles. The first-order valence-electron chi connectivity index (χ1n) is 8.91. The minimum atomic E-state index is -4.94. The van der Waals surface area contributed by atoms with E-state index in [-0.39, 0.29) is 6.61 Å². The molecule has 3 aromatic rings. The Hall–Kier alpha value is -3.07. The molecular formula is C20H20F3N3O3. The Morgan fingerprint density at radius 1 is 1.24 bits per heavy atom. The zero-order chi connectivity index (χ0) is 21.2. The number of carbonyl (C=O) groups is 1. The van der Waals surface area contributed by atoms with Crippen LogP contribution >= 0.6 is 0 Å². The van der Waals surface area contributed by atoms with E-state index in [4.69, 9.17) is 4.74 Å². The highest BCUT2D eigenvalue weighted by Crippen LogP contribution is 2.25. The molecule has 154 valence electrons. The molecule has 2 N–H and O–H groups in total. The van der Waals surface area contributed by atoms with Crippen molar-refractivity contribution in [2.75, 3.05) is 0 Å². The number of aromatic nitrogens is 2. The van der Waals surface area contributed by atoms with Gasteiger partial charge in [0.15, 0.2) is 0 Å². The third-order valence-electron chi connectivity index (χ3n) is 4.52. The molecule has 0 saturated carbocycles. The highest BCUT2D eigenvalue weighted by molar-refractivity contribution is 5.82. The number of aliphatic hydroxyl groups excluding tert-OH is 1. The fourth-order valence-corrected chi connectivity index (χ4v) is 2.80. The number of benzene rings is 2. The third-order valence-corrected chi connectivity index (χ3v) is 4.52. The minimum Gasteiger partial charge on any atom is -0.489 e. The lowest BCUT2D eigenvalue weighted by atomic mass is 10.2. The molecule has 0 aliphatic rings. The molecule has 0 saturated heterocycles. The maximum absolute atomic E-state index is 12.4. The summed E-state index contributed by atoms with van der Waals surface area (Å²) in [4.78, 5) is 11.1. The number of hydrogen-bond donors (Lipinski definition) is 2. The van der Waals surface area contributed by atoms with Crippen molar-refractivity contribution in [1.82, 2.24) is 15.1 Å². The average Bonchev–Trinajstić information content (AvgIpc) is 3.10. The van der Waals surface area contributed by atoms with Crippen molar-refractivity contribution >= 4 is 16.8 Å². The molecule has 0 aliphatic carbocycles. The lowest BCUT2D eigenvalue weighted by Crippen LogP contribution is -2.47. The lowest BCUT2D eigenvalue weighted by Gasteiger charge is -2.23. The van der Waals surface area contributed by atoms with E-state index in [1.165, 1.54) is 6.92 Å².